The van der Waals surface area contributed by atoms with Gasteiger partial charge in [0.1, 0.15) is 12.6 Å². The smallest absolute Gasteiger partial charge is 0.408 e. The summed E-state index contributed by atoms with van der Waals surface area (Å²) >= 11 is 0. The zero-order chi connectivity index (χ0) is 30.6. The summed E-state index contributed by atoms with van der Waals surface area (Å²) in [4.78, 5) is 57.5. The maximum absolute atomic E-state index is 13.1. The van der Waals surface area contributed by atoms with Crippen molar-refractivity contribution in [3.63, 3.8) is 0 Å². The van der Waals surface area contributed by atoms with Gasteiger partial charge in [0.25, 0.3) is 0 Å². The summed E-state index contributed by atoms with van der Waals surface area (Å²) in [5, 5.41) is 24.7. The highest BCUT2D eigenvalue weighted by molar-refractivity contribution is 7.58. The first-order chi connectivity index (χ1) is 19.4. The van der Waals surface area contributed by atoms with Crippen molar-refractivity contribution in [2.45, 2.75) is 31.8 Å². The number of nitrogens with zero attached hydrogens (tertiary/aromatic N) is 1. The molecule has 224 valence electrons. The molecule has 0 aliphatic rings. The van der Waals surface area contributed by atoms with Gasteiger partial charge in [0.05, 0.1) is 25.7 Å². The van der Waals surface area contributed by atoms with Crippen LogP contribution in [-0.2, 0) is 35.0 Å². The minimum atomic E-state index is -4.59. The van der Waals surface area contributed by atoms with Crippen LogP contribution in [0.15, 0.2) is 42.5 Å². The lowest BCUT2D eigenvalue weighted by Gasteiger charge is -2.22. The Morgan fingerprint density at radius 1 is 1.12 bits per heavy atom. The predicted molar refractivity (Wildman–Crippen MR) is 142 cm³/mol. The molecule has 1 amide bonds. The van der Waals surface area contributed by atoms with E-state index in [0.29, 0.717) is 5.56 Å². The molecule has 0 heterocycles. The van der Waals surface area contributed by atoms with Crippen LogP contribution in [0.25, 0.3) is 0 Å². The van der Waals surface area contributed by atoms with E-state index >= 15 is 0 Å². The summed E-state index contributed by atoms with van der Waals surface area (Å²) in [6.45, 7) is 0.837. The normalized spacial score (nSPS) is 13.6. The van der Waals surface area contributed by atoms with Crippen molar-refractivity contribution in [2.24, 2.45) is 0 Å². The summed E-state index contributed by atoms with van der Waals surface area (Å²) in [5.41, 5.74) is -0.437. The molecule has 2 rings (SSSR count). The maximum atomic E-state index is 13.1. The quantitative estimate of drug-likeness (QED) is 0.0886. The van der Waals surface area contributed by atoms with E-state index in [1.54, 1.807) is 37.3 Å². The van der Waals surface area contributed by atoms with E-state index in [1.165, 1.54) is 0 Å². The molecule has 0 bridgehead atoms. The molecule has 0 saturated carbocycles. The Hall–Kier alpha value is -4.20. The van der Waals surface area contributed by atoms with Crippen molar-refractivity contribution >= 4 is 31.1 Å². The lowest BCUT2D eigenvalue weighted by Crippen LogP contribution is -2.42. The van der Waals surface area contributed by atoms with Crippen molar-refractivity contribution in [2.75, 3.05) is 33.6 Å². The van der Waals surface area contributed by atoms with Gasteiger partial charge in [-0.15, -0.1) is 0 Å². The van der Waals surface area contributed by atoms with Gasteiger partial charge in [-0.2, -0.15) is 0 Å². The summed E-state index contributed by atoms with van der Waals surface area (Å²) < 4.78 is 37.8. The predicted octanol–water partition coefficient (Wildman–Crippen LogP) is 2.66. The van der Waals surface area contributed by atoms with Gasteiger partial charge in [-0.3, -0.25) is 14.7 Å². The zero-order valence-electron chi connectivity index (χ0n) is 22.5. The van der Waals surface area contributed by atoms with E-state index in [1.807, 2.05) is 0 Å². The number of nitrogens with one attached hydrogen (secondary N) is 1. The number of hydrogen-bond acceptors (Lipinski definition) is 12. The third-order valence-electron chi connectivity index (χ3n) is 5.52. The van der Waals surface area contributed by atoms with Gasteiger partial charge >= 0.3 is 23.7 Å². The van der Waals surface area contributed by atoms with Gasteiger partial charge in [-0.25, -0.2) is 14.4 Å². The summed E-state index contributed by atoms with van der Waals surface area (Å²) in [6.07, 6.45) is -2.14. The molecule has 2 aromatic carbocycles. The second-order valence-electron chi connectivity index (χ2n) is 8.35. The topological polar surface area (TPSA) is 210 Å². The third kappa shape index (κ3) is 9.74. The van der Waals surface area contributed by atoms with Crippen molar-refractivity contribution in [3.05, 3.63) is 63.7 Å². The first kappa shape index (κ1) is 33.0. The molecule has 15 nitrogen and oxygen atoms in total. The SMILES string of the molecule is CCOC(=O)COc1c(OC)cc(C(O)P(=O)(O)CC[C@H](NC(=O)OCc2ccccc2)C(=O)OC)cc1[N+](=O)[O-]. The lowest BCUT2D eigenvalue weighted by molar-refractivity contribution is -0.386. The summed E-state index contributed by atoms with van der Waals surface area (Å²) in [6, 6.07) is 9.13. The fourth-order valence-corrected chi connectivity index (χ4v) is 4.98. The van der Waals surface area contributed by atoms with E-state index in [2.05, 4.69) is 10.1 Å². The number of amides is 1. The molecule has 0 aliphatic carbocycles. The minimum Gasteiger partial charge on any atom is -0.493 e. The number of rotatable bonds is 15. The minimum absolute atomic E-state index is 0.0551. The maximum Gasteiger partial charge on any atom is 0.408 e. The van der Waals surface area contributed by atoms with Crippen molar-refractivity contribution in [1.29, 1.82) is 0 Å². The molecule has 0 saturated heterocycles. The van der Waals surface area contributed by atoms with Crippen LogP contribution in [0.3, 0.4) is 0 Å². The summed E-state index contributed by atoms with van der Waals surface area (Å²) in [5.74, 6) is -4.65. The highest BCUT2D eigenvalue weighted by Crippen LogP contribution is 2.56. The monoisotopic (exact) mass is 598 g/mol. The van der Waals surface area contributed by atoms with Crippen LogP contribution < -0.4 is 14.8 Å². The highest BCUT2D eigenvalue weighted by Gasteiger charge is 2.36. The first-order valence-electron chi connectivity index (χ1n) is 12.1. The van der Waals surface area contributed by atoms with Crippen LogP contribution in [0.1, 0.15) is 30.3 Å². The molecule has 2 unspecified atom stereocenters. The second kappa shape index (κ2) is 15.6. The Balaban J connectivity index is 2.18. The Labute approximate surface area is 234 Å². The van der Waals surface area contributed by atoms with E-state index in [9.17, 15) is 39.1 Å². The van der Waals surface area contributed by atoms with Gasteiger partial charge < -0.3 is 39.0 Å². The fourth-order valence-electron chi connectivity index (χ4n) is 3.49. The van der Waals surface area contributed by atoms with Gasteiger partial charge in [-0.05, 0) is 25.0 Å². The molecule has 0 spiro atoms. The van der Waals surface area contributed by atoms with Gasteiger partial charge in [0.2, 0.25) is 13.1 Å². The van der Waals surface area contributed by atoms with E-state index in [0.717, 1.165) is 26.4 Å². The number of benzene rings is 2. The zero-order valence-corrected chi connectivity index (χ0v) is 23.4. The second-order valence-corrected chi connectivity index (χ2v) is 10.8. The molecular formula is C25H31N2O13P. The van der Waals surface area contributed by atoms with Gasteiger partial charge in [-0.1, -0.05) is 30.3 Å². The molecule has 2 aromatic rings. The number of carbonyl (C=O) groups excluding carboxylic acids is 3. The number of nitro groups is 1. The number of alkyl carbamates (subject to hydrolysis) is 1. The number of carbonyl (C=O) groups is 3. The Morgan fingerprint density at radius 2 is 1.80 bits per heavy atom. The number of aliphatic hydroxyl groups excluding tert-OH is 1. The molecule has 0 radical (unpaired) electrons. The summed E-state index contributed by atoms with van der Waals surface area (Å²) in [7, 11) is -2.40. The average molecular weight is 598 g/mol. The standard InChI is InChI=1S/C25H31N2O13P/c1-4-38-21(28)15-39-22-19(27(32)33)12-17(13-20(22)36-2)24(30)41(34,35)11-10-18(23(29)37-3)26-25(31)40-14-16-8-6-5-7-9-16/h5-9,12-13,18,24,30H,4,10-11,14-15H2,1-3H3,(H,26,31)(H,34,35)/t18-,24?/m0/s1. The number of methoxy groups -OCH3 is 2. The van der Waals surface area contributed by atoms with Gasteiger partial charge in [0.15, 0.2) is 18.2 Å². The van der Waals surface area contributed by atoms with Crippen molar-refractivity contribution in [3.8, 4) is 11.5 Å². The molecule has 0 aliphatic heterocycles. The van der Waals surface area contributed by atoms with Crippen LogP contribution in [0.2, 0.25) is 0 Å². The Morgan fingerprint density at radius 3 is 2.39 bits per heavy atom. The number of aliphatic hydroxyl groups is 1. The average Bonchev–Trinajstić information content (AvgIpc) is 2.96. The van der Waals surface area contributed by atoms with Crippen LogP contribution >= 0.6 is 7.37 Å². The molecule has 3 N–H and O–H groups in total. The molecule has 3 atom stereocenters. The number of esters is 2. The number of nitro benzene ring substituents is 1. The van der Waals surface area contributed by atoms with Crippen LogP contribution in [0.5, 0.6) is 11.5 Å². The number of hydrogen-bond donors (Lipinski definition) is 3. The van der Waals surface area contributed by atoms with Crippen LogP contribution in [0, 0.1) is 10.1 Å². The van der Waals surface area contributed by atoms with Crippen LogP contribution in [0.4, 0.5) is 10.5 Å². The fraction of sp³-hybridized carbons (Fsp3) is 0.400. The molecular weight excluding hydrogens is 567 g/mol. The molecule has 0 aromatic heterocycles. The van der Waals surface area contributed by atoms with E-state index < -0.39 is 72.8 Å². The first-order valence-corrected chi connectivity index (χ1v) is 14.0. The van der Waals surface area contributed by atoms with E-state index in [-0.39, 0.29) is 24.5 Å². The third-order valence-corrected chi connectivity index (χ3v) is 7.48. The van der Waals surface area contributed by atoms with Crippen molar-refractivity contribution < 1.29 is 57.6 Å². The number of ether oxygens (including phenoxy) is 5. The Bertz CT molecular complexity index is 1270. The molecule has 16 heteroatoms. The Kier molecular flexibility index (Phi) is 12.5. The molecule has 0 fully saturated rings. The highest BCUT2D eigenvalue weighted by atomic mass is 31.2. The van der Waals surface area contributed by atoms with Crippen LogP contribution in [-0.4, -0.2) is 72.6 Å². The largest absolute Gasteiger partial charge is 0.493 e. The van der Waals surface area contributed by atoms with E-state index in [4.69, 9.17) is 18.9 Å². The lowest BCUT2D eigenvalue weighted by atomic mass is 10.1. The van der Waals surface area contributed by atoms with Gasteiger partial charge in [0, 0.05) is 17.8 Å². The van der Waals surface area contributed by atoms with Crippen molar-refractivity contribution in [1.82, 2.24) is 5.32 Å². The molecule has 41 heavy (non-hydrogen) atoms.